The highest BCUT2D eigenvalue weighted by Gasteiger charge is 2.32. The molecule has 5 nitrogen and oxygen atoms in total. The lowest BCUT2D eigenvalue weighted by Gasteiger charge is -2.20. The minimum Gasteiger partial charge on any atom is -0.494 e. The van der Waals surface area contributed by atoms with Gasteiger partial charge in [-0.1, -0.05) is 25.1 Å². The maximum atomic E-state index is 12.2. The van der Waals surface area contributed by atoms with Gasteiger partial charge in [0.05, 0.1) is 12.5 Å². The van der Waals surface area contributed by atoms with E-state index in [1.807, 2.05) is 37.3 Å². The first-order valence-corrected chi connectivity index (χ1v) is 7.27. The smallest absolute Gasteiger partial charge is 0.308 e. The number of aliphatic carboxylic acids is 1. The van der Waals surface area contributed by atoms with Crippen molar-refractivity contribution < 1.29 is 19.4 Å². The van der Waals surface area contributed by atoms with E-state index in [0.29, 0.717) is 32.5 Å². The van der Waals surface area contributed by atoms with Crippen LogP contribution in [0.5, 0.6) is 5.75 Å². The summed E-state index contributed by atoms with van der Waals surface area (Å²) in [6.45, 7) is 3.22. The van der Waals surface area contributed by atoms with E-state index in [2.05, 4.69) is 0 Å². The maximum absolute atomic E-state index is 12.2. The van der Waals surface area contributed by atoms with Crippen LogP contribution in [0.15, 0.2) is 30.3 Å². The van der Waals surface area contributed by atoms with Crippen molar-refractivity contribution in [1.82, 2.24) is 4.90 Å². The average molecular weight is 291 g/mol. The Labute approximate surface area is 124 Å². The lowest BCUT2D eigenvalue weighted by atomic mass is 10.1. The van der Waals surface area contributed by atoms with Gasteiger partial charge in [-0.15, -0.1) is 0 Å². The lowest BCUT2D eigenvalue weighted by molar-refractivity contribution is -0.141. The second-order valence-corrected chi connectivity index (χ2v) is 5.46. The number of carboxylic acid groups (broad SMARTS) is 1. The van der Waals surface area contributed by atoms with Crippen molar-refractivity contribution in [1.29, 1.82) is 0 Å². The normalized spacial score (nSPS) is 19.3. The zero-order chi connectivity index (χ0) is 15.2. The number of nitrogens with zero attached hydrogens (tertiary/aromatic N) is 1. The van der Waals surface area contributed by atoms with Crippen molar-refractivity contribution in [2.24, 2.45) is 11.8 Å². The Morgan fingerprint density at radius 3 is 2.71 bits per heavy atom. The van der Waals surface area contributed by atoms with E-state index in [-0.39, 0.29) is 11.8 Å². The van der Waals surface area contributed by atoms with Gasteiger partial charge in [0, 0.05) is 19.0 Å². The molecule has 21 heavy (non-hydrogen) atoms. The fraction of sp³-hybridized carbons (Fsp3) is 0.500. The third-order valence-electron chi connectivity index (χ3n) is 3.83. The lowest BCUT2D eigenvalue weighted by Crippen LogP contribution is -2.34. The van der Waals surface area contributed by atoms with E-state index < -0.39 is 11.9 Å². The standard InChI is InChI=1S/C16H21NO4/c1-12(8-10-21-14-5-3-2-4-6-14)15(18)17-9-7-13(11-17)16(19)20/h2-6,12-13H,7-11H2,1H3,(H,19,20). The molecular weight excluding hydrogens is 270 g/mol. The summed E-state index contributed by atoms with van der Waals surface area (Å²) in [4.78, 5) is 24.8. The van der Waals surface area contributed by atoms with Crippen LogP contribution in [-0.2, 0) is 9.59 Å². The molecule has 0 aliphatic carbocycles. The van der Waals surface area contributed by atoms with Gasteiger partial charge in [0.25, 0.3) is 0 Å². The third kappa shape index (κ3) is 4.21. The van der Waals surface area contributed by atoms with Gasteiger partial charge >= 0.3 is 5.97 Å². The van der Waals surface area contributed by atoms with Crippen molar-refractivity contribution in [2.45, 2.75) is 19.8 Å². The van der Waals surface area contributed by atoms with Gasteiger partial charge in [-0.2, -0.15) is 0 Å². The first kappa shape index (κ1) is 15.4. The molecular formula is C16H21NO4. The highest BCUT2D eigenvalue weighted by Crippen LogP contribution is 2.20. The van der Waals surface area contributed by atoms with Gasteiger partial charge in [0.15, 0.2) is 0 Å². The Morgan fingerprint density at radius 2 is 2.10 bits per heavy atom. The zero-order valence-electron chi connectivity index (χ0n) is 12.2. The number of carboxylic acids is 1. The van der Waals surface area contributed by atoms with E-state index in [0.717, 1.165) is 5.75 Å². The quantitative estimate of drug-likeness (QED) is 0.871. The van der Waals surface area contributed by atoms with Gasteiger partial charge in [-0.05, 0) is 25.0 Å². The summed E-state index contributed by atoms with van der Waals surface area (Å²) < 4.78 is 5.58. The Bertz CT molecular complexity index is 488. The van der Waals surface area contributed by atoms with Gasteiger partial charge in [0.2, 0.25) is 5.91 Å². The number of hydrogen-bond acceptors (Lipinski definition) is 3. The number of carbonyl (C=O) groups is 2. The fourth-order valence-corrected chi connectivity index (χ4v) is 2.47. The molecule has 0 radical (unpaired) electrons. The molecule has 2 atom stereocenters. The van der Waals surface area contributed by atoms with Gasteiger partial charge in [-0.25, -0.2) is 0 Å². The van der Waals surface area contributed by atoms with Crippen molar-refractivity contribution in [2.75, 3.05) is 19.7 Å². The molecule has 1 saturated heterocycles. The minimum absolute atomic E-state index is 0.0235. The highest BCUT2D eigenvalue weighted by atomic mass is 16.5. The van der Waals surface area contributed by atoms with E-state index in [1.165, 1.54) is 0 Å². The Hall–Kier alpha value is -2.04. The Morgan fingerprint density at radius 1 is 1.38 bits per heavy atom. The SMILES string of the molecule is CC(CCOc1ccccc1)C(=O)N1CCC(C(=O)O)C1. The van der Waals surface area contributed by atoms with Crippen molar-refractivity contribution in [3.8, 4) is 5.75 Å². The molecule has 0 saturated carbocycles. The molecule has 1 heterocycles. The molecule has 0 spiro atoms. The molecule has 1 aromatic rings. The molecule has 1 aliphatic heterocycles. The number of amides is 1. The van der Waals surface area contributed by atoms with Crippen LogP contribution in [0.4, 0.5) is 0 Å². The summed E-state index contributed by atoms with van der Waals surface area (Å²) in [5, 5.41) is 8.96. The molecule has 1 fully saturated rings. The number of hydrogen-bond donors (Lipinski definition) is 1. The summed E-state index contributed by atoms with van der Waals surface area (Å²) in [6.07, 6.45) is 1.18. The summed E-state index contributed by atoms with van der Waals surface area (Å²) in [7, 11) is 0. The number of para-hydroxylation sites is 1. The monoisotopic (exact) mass is 291 g/mol. The molecule has 1 amide bonds. The summed E-state index contributed by atoms with van der Waals surface area (Å²) in [5.74, 6) is -0.562. The third-order valence-corrected chi connectivity index (χ3v) is 3.83. The molecule has 2 unspecified atom stereocenters. The summed E-state index contributed by atoms with van der Waals surface area (Å²) >= 11 is 0. The highest BCUT2D eigenvalue weighted by molar-refractivity contribution is 5.80. The Balaban J connectivity index is 1.74. The van der Waals surface area contributed by atoms with Crippen molar-refractivity contribution in [3.63, 3.8) is 0 Å². The number of likely N-dealkylation sites (tertiary alicyclic amines) is 1. The predicted octanol–water partition coefficient (Wildman–Crippen LogP) is 2.02. The van der Waals surface area contributed by atoms with Crippen molar-refractivity contribution in [3.05, 3.63) is 30.3 Å². The van der Waals surface area contributed by atoms with Crippen LogP contribution < -0.4 is 4.74 Å². The largest absolute Gasteiger partial charge is 0.494 e. The van der Waals surface area contributed by atoms with E-state index in [9.17, 15) is 9.59 Å². The van der Waals surface area contributed by atoms with Crippen LogP contribution in [0.3, 0.4) is 0 Å². The summed E-state index contributed by atoms with van der Waals surface area (Å²) in [5.41, 5.74) is 0. The second-order valence-electron chi connectivity index (χ2n) is 5.46. The van der Waals surface area contributed by atoms with Crippen LogP contribution in [-0.4, -0.2) is 41.6 Å². The average Bonchev–Trinajstić information content (AvgIpc) is 2.97. The van der Waals surface area contributed by atoms with Crippen molar-refractivity contribution >= 4 is 11.9 Å². The van der Waals surface area contributed by atoms with Crippen LogP contribution >= 0.6 is 0 Å². The van der Waals surface area contributed by atoms with Gasteiger partial charge < -0.3 is 14.7 Å². The van der Waals surface area contributed by atoms with E-state index in [4.69, 9.17) is 9.84 Å². The first-order chi connectivity index (χ1) is 10.1. The molecule has 0 bridgehead atoms. The molecule has 114 valence electrons. The molecule has 2 rings (SSSR count). The second kappa shape index (κ2) is 7.11. The predicted molar refractivity (Wildman–Crippen MR) is 78.0 cm³/mol. The van der Waals surface area contributed by atoms with Crippen LogP contribution in [0, 0.1) is 11.8 Å². The van der Waals surface area contributed by atoms with Crippen LogP contribution in [0.2, 0.25) is 0 Å². The zero-order valence-corrected chi connectivity index (χ0v) is 12.2. The fourth-order valence-electron chi connectivity index (χ4n) is 2.47. The molecule has 0 aromatic heterocycles. The molecule has 1 N–H and O–H groups in total. The Kier molecular flexibility index (Phi) is 5.20. The number of ether oxygens (including phenoxy) is 1. The van der Waals surface area contributed by atoms with E-state index >= 15 is 0 Å². The minimum atomic E-state index is -0.814. The number of carbonyl (C=O) groups excluding carboxylic acids is 1. The molecule has 1 aromatic carbocycles. The van der Waals surface area contributed by atoms with Gasteiger partial charge in [-0.3, -0.25) is 9.59 Å². The molecule has 1 aliphatic rings. The summed E-state index contributed by atoms with van der Waals surface area (Å²) in [6, 6.07) is 9.49. The first-order valence-electron chi connectivity index (χ1n) is 7.27. The molecule has 5 heteroatoms. The maximum Gasteiger partial charge on any atom is 0.308 e. The van der Waals surface area contributed by atoms with Crippen LogP contribution in [0.25, 0.3) is 0 Å². The van der Waals surface area contributed by atoms with Gasteiger partial charge in [0.1, 0.15) is 5.75 Å². The number of benzene rings is 1. The van der Waals surface area contributed by atoms with E-state index in [1.54, 1.807) is 4.90 Å². The van der Waals surface area contributed by atoms with Crippen LogP contribution in [0.1, 0.15) is 19.8 Å². The topological polar surface area (TPSA) is 66.8 Å². The number of rotatable bonds is 6.